The standard InChI is InChI=1S/C13H15ClN2O5/c1-2-21-11(17)5-6-15-13(20)16-8-3-4-10(14)9(7-8)12(18)19/h3-4,7H,2,5-6H2,1H3,(H,18,19)(H2,15,16,20). The molecular formula is C13H15ClN2O5. The van der Waals surface area contributed by atoms with Gasteiger partial charge in [-0.3, -0.25) is 4.79 Å². The summed E-state index contributed by atoms with van der Waals surface area (Å²) in [6.07, 6.45) is 0.0578. The van der Waals surface area contributed by atoms with E-state index in [9.17, 15) is 14.4 Å². The van der Waals surface area contributed by atoms with Gasteiger partial charge in [0.1, 0.15) is 0 Å². The van der Waals surface area contributed by atoms with Crippen LogP contribution in [0.2, 0.25) is 5.02 Å². The molecule has 0 aliphatic rings. The average Bonchev–Trinajstić information content (AvgIpc) is 2.41. The number of aromatic carboxylic acids is 1. The van der Waals surface area contributed by atoms with Crippen molar-refractivity contribution in [2.75, 3.05) is 18.5 Å². The minimum atomic E-state index is -1.19. The number of ether oxygens (including phenoxy) is 1. The second-order valence-corrected chi connectivity index (χ2v) is 4.34. The number of anilines is 1. The molecule has 0 radical (unpaired) electrons. The zero-order chi connectivity index (χ0) is 15.8. The summed E-state index contributed by atoms with van der Waals surface area (Å²) in [6, 6.07) is 3.53. The fourth-order valence-corrected chi connectivity index (χ4v) is 1.65. The lowest BCUT2D eigenvalue weighted by Gasteiger charge is -2.08. The monoisotopic (exact) mass is 314 g/mol. The van der Waals surface area contributed by atoms with E-state index in [-0.39, 0.29) is 35.8 Å². The molecule has 0 aliphatic heterocycles. The quantitative estimate of drug-likeness (QED) is 0.697. The lowest BCUT2D eigenvalue weighted by molar-refractivity contribution is -0.142. The van der Waals surface area contributed by atoms with Crippen molar-refractivity contribution >= 4 is 35.3 Å². The minimum Gasteiger partial charge on any atom is -0.478 e. The highest BCUT2D eigenvalue weighted by atomic mass is 35.5. The van der Waals surface area contributed by atoms with Gasteiger partial charge in [0.25, 0.3) is 0 Å². The number of hydrogen-bond acceptors (Lipinski definition) is 4. The van der Waals surface area contributed by atoms with Crippen LogP contribution in [0, 0.1) is 0 Å². The Morgan fingerprint density at radius 3 is 2.67 bits per heavy atom. The number of halogens is 1. The number of nitrogens with one attached hydrogen (secondary N) is 2. The predicted molar refractivity (Wildman–Crippen MR) is 76.7 cm³/mol. The van der Waals surface area contributed by atoms with Gasteiger partial charge in [-0.15, -0.1) is 0 Å². The first-order valence-corrected chi connectivity index (χ1v) is 6.55. The number of benzene rings is 1. The zero-order valence-electron chi connectivity index (χ0n) is 11.3. The molecule has 1 aromatic rings. The maximum absolute atomic E-state index is 11.6. The van der Waals surface area contributed by atoms with Crippen LogP contribution in [0.15, 0.2) is 18.2 Å². The minimum absolute atomic E-state index is 0.0578. The van der Waals surface area contributed by atoms with E-state index < -0.39 is 18.0 Å². The van der Waals surface area contributed by atoms with E-state index >= 15 is 0 Å². The van der Waals surface area contributed by atoms with Gasteiger partial charge in [0, 0.05) is 12.2 Å². The second kappa shape index (κ2) is 8.11. The van der Waals surface area contributed by atoms with Gasteiger partial charge in [0.05, 0.1) is 23.6 Å². The fraction of sp³-hybridized carbons (Fsp3) is 0.308. The average molecular weight is 315 g/mol. The van der Waals surface area contributed by atoms with Crippen molar-refractivity contribution in [3.8, 4) is 0 Å². The Labute approximate surface area is 126 Å². The van der Waals surface area contributed by atoms with Crippen LogP contribution < -0.4 is 10.6 Å². The number of carbonyl (C=O) groups excluding carboxylic acids is 2. The maximum Gasteiger partial charge on any atom is 0.337 e. The van der Waals surface area contributed by atoms with Crippen molar-refractivity contribution in [3.63, 3.8) is 0 Å². The lowest BCUT2D eigenvalue weighted by Crippen LogP contribution is -2.31. The Morgan fingerprint density at radius 2 is 2.05 bits per heavy atom. The molecule has 0 saturated heterocycles. The molecule has 0 unspecified atom stereocenters. The zero-order valence-corrected chi connectivity index (χ0v) is 12.1. The summed E-state index contributed by atoms with van der Waals surface area (Å²) in [6.45, 7) is 2.09. The summed E-state index contributed by atoms with van der Waals surface area (Å²) in [5.41, 5.74) is 0.173. The Balaban J connectivity index is 2.50. The Bertz CT molecular complexity index is 547. The van der Waals surface area contributed by atoms with Gasteiger partial charge in [0.2, 0.25) is 0 Å². The summed E-state index contributed by atoms with van der Waals surface area (Å²) in [7, 11) is 0. The van der Waals surface area contributed by atoms with E-state index in [0.29, 0.717) is 0 Å². The van der Waals surface area contributed by atoms with Crippen LogP contribution in [0.1, 0.15) is 23.7 Å². The maximum atomic E-state index is 11.6. The first-order chi connectivity index (χ1) is 9.93. The molecule has 8 heteroatoms. The van der Waals surface area contributed by atoms with Gasteiger partial charge in [-0.2, -0.15) is 0 Å². The molecule has 0 aromatic heterocycles. The number of carbonyl (C=O) groups is 3. The SMILES string of the molecule is CCOC(=O)CCNC(=O)Nc1ccc(Cl)c(C(=O)O)c1. The van der Waals surface area contributed by atoms with Gasteiger partial charge in [-0.1, -0.05) is 11.6 Å². The molecule has 2 amide bonds. The van der Waals surface area contributed by atoms with Gasteiger partial charge >= 0.3 is 18.0 Å². The third-order valence-corrected chi connectivity index (χ3v) is 2.70. The van der Waals surface area contributed by atoms with Crippen LogP contribution >= 0.6 is 11.6 Å². The number of esters is 1. The van der Waals surface area contributed by atoms with Crippen LogP contribution in [0.3, 0.4) is 0 Å². The Hall–Kier alpha value is -2.28. The highest BCUT2D eigenvalue weighted by Crippen LogP contribution is 2.20. The summed E-state index contributed by atoms with van der Waals surface area (Å²) < 4.78 is 4.71. The van der Waals surface area contributed by atoms with E-state index in [0.717, 1.165) is 0 Å². The normalized spacial score (nSPS) is 9.81. The van der Waals surface area contributed by atoms with Crippen molar-refractivity contribution in [3.05, 3.63) is 28.8 Å². The van der Waals surface area contributed by atoms with Gasteiger partial charge in [-0.25, -0.2) is 9.59 Å². The summed E-state index contributed by atoms with van der Waals surface area (Å²) in [5, 5.41) is 13.9. The van der Waals surface area contributed by atoms with Crippen molar-refractivity contribution in [1.82, 2.24) is 5.32 Å². The molecule has 0 heterocycles. The number of carboxylic acid groups (broad SMARTS) is 1. The van der Waals surface area contributed by atoms with E-state index in [1.165, 1.54) is 18.2 Å². The van der Waals surface area contributed by atoms with Gasteiger partial charge in [-0.05, 0) is 25.1 Å². The molecule has 0 spiro atoms. The van der Waals surface area contributed by atoms with E-state index in [4.69, 9.17) is 21.4 Å². The predicted octanol–water partition coefficient (Wildman–Crippen LogP) is 2.11. The van der Waals surface area contributed by atoms with Crippen molar-refractivity contribution in [2.24, 2.45) is 0 Å². The summed E-state index contributed by atoms with van der Waals surface area (Å²) >= 11 is 5.72. The third-order valence-electron chi connectivity index (χ3n) is 2.37. The van der Waals surface area contributed by atoms with Crippen molar-refractivity contribution in [1.29, 1.82) is 0 Å². The molecule has 1 aromatic carbocycles. The summed E-state index contributed by atoms with van der Waals surface area (Å²) in [5.74, 6) is -1.59. The van der Waals surface area contributed by atoms with Crippen LogP contribution in [-0.2, 0) is 9.53 Å². The van der Waals surface area contributed by atoms with Crippen LogP contribution in [-0.4, -0.2) is 36.2 Å². The number of amides is 2. The van der Waals surface area contributed by atoms with E-state index in [1.807, 2.05) is 0 Å². The van der Waals surface area contributed by atoms with Gasteiger partial charge < -0.3 is 20.5 Å². The van der Waals surface area contributed by atoms with Crippen molar-refractivity contribution < 1.29 is 24.2 Å². The molecule has 0 fully saturated rings. The number of urea groups is 1. The Morgan fingerprint density at radius 1 is 1.33 bits per heavy atom. The largest absolute Gasteiger partial charge is 0.478 e. The number of rotatable bonds is 6. The second-order valence-electron chi connectivity index (χ2n) is 3.94. The highest BCUT2D eigenvalue weighted by Gasteiger charge is 2.11. The molecule has 21 heavy (non-hydrogen) atoms. The highest BCUT2D eigenvalue weighted by molar-refractivity contribution is 6.33. The molecule has 0 bridgehead atoms. The molecule has 0 saturated carbocycles. The smallest absolute Gasteiger partial charge is 0.337 e. The molecule has 1 rings (SSSR count). The van der Waals surface area contributed by atoms with Crippen molar-refractivity contribution in [2.45, 2.75) is 13.3 Å². The van der Waals surface area contributed by atoms with E-state index in [2.05, 4.69) is 10.6 Å². The summed E-state index contributed by atoms with van der Waals surface area (Å²) in [4.78, 5) is 33.5. The molecule has 3 N–H and O–H groups in total. The van der Waals surface area contributed by atoms with Crippen LogP contribution in [0.4, 0.5) is 10.5 Å². The third kappa shape index (κ3) is 5.70. The topological polar surface area (TPSA) is 105 Å². The molecule has 0 atom stereocenters. The molecule has 114 valence electrons. The molecule has 7 nitrogen and oxygen atoms in total. The number of carboxylic acids is 1. The fourth-order valence-electron chi connectivity index (χ4n) is 1.45. The first-order valence-electron chi connectivity index (χ1n) is 6.17. The molecule has 0 aliphatic carbocycles. The van der Waals surface area contributed by atoms with E-state index in [1.54, 1.807) is 6.92 Å². The molecular weight excluding hydrogens is 300 g/mol. The number of hydrogen-bond donors (Lipinski definition) is 3. The first kappa shape index (κ1) is 16.8. The van der Waals surface area contributed by atoms with Crippen LogP contribution in [0.25, 0.3) is 0 Å². The van der Waals surface area contributed by atoms with Gasteiger partial charge in [0.15, 0.2) is 0 Å². The Kier molecular flexibility index (Phi) is 6.48. The van der Waals surface area contributed by atoms with Crippen LogP contribution in [0.5, 0.6) is 0 Å². The lowest BCUT2D eigenvalue weighted by atomic mass is 10.2.